The van der Waals surface area contributed by atoms with Crippen molar-refractivity contribution in [1.29, 1.82) is 0 Å². The first-order valence-corrected chi connectivity index (χ1v) is 7.36. The maximum absolute atomic E-state index is 12.2. The van der Waals surface area contributed by atoms with E-state index in [0.29, 0.717) is 6.42 Å². The quantitative estimate of drug-likeness (QED) is 0.822. The van der Waals surface area contributed by atoms with Crippen LogP contribution in [0, 0.1) is 0 Å². The van der Waals surface area contributed by atoms with Gasteiger partial charge < -0.3 is 14.5 Å². The third-order valence-electron chi connectivity index (χ3n) is 3.97. The van der Waals surface area contributed by atoms with E-state index in [1.54, 1.807) is 7.11 Å². The summed E-state index contributed by atoms with van der Waals surface area (Å²) in [6, 6.07) is 7.91. The standard InChI is InChI=1S/C16H24N2O2/c1-3-17-10-12-18(13-11-17)16(19)9-8-14-6-4-5-7-15(14)20-2/h4-7H,3,8-13H2,1-2H3. The van der Waals surface area contributed by atoms with E-state index in [9.17, 15) is 4.79 Å². The fourth-order valence-corrected chi connectivity index (χ4v) is 2.62. The molecule has 1 aliphatic heterocycles. The molecule has 1 aliphatic rings. The van der Waals surface area contributed by atoms with Gasteiger partial charge in [0.25, 0.3) is 0 Å². The first kappa shape index (κ1) is 14.9. The smallest absolute Gasteiger partial charge is 0.222 e. The zero-order chi connectivity index (χ0) is 14.4. The van der Waals surface area contributed by atoms with Crippen LogP contribution >= 0.6 is 0 Å². The van der Waals surface area contributed by atoms with Gasteiger partial charge in [0.15, 0.2) is 0 Å². The van der Waals surface area contributed by atoms with Gasteiger partial charge in [-0.15, -0.1) is 0 Å². The SMILES string of the molecule is CCN1CCN(C(=O)CCc2ccccc2OC)CC1. The lowest BCUT2D eigenvalue weighted by Crippen LogP contribution is -2.48. The molecule has 0 aromatic heterocycles. The average molecular weight is 276 g/mol. The van der Waals surface area contributed by atoms with E-state index in [1.165, 1.54) is 0 Å². The van der Waals surface area contributed by atoms with Crippen molar-refractivity contribution in [2.45, 2.75) is 19.8 Å². The van der Waals surface area contributed by atoms with E-state index in [1.807, 2.05) is 29.2 Å². The van der Waals surface area contributed by atoms with Crippen LogP contribution in [0.1, 0.15) is 18.9 Å². The van der Waals surface area contributed by atoms with Gasteiger partial charge in [-0.3, -0.25) is 4.79 Å². The highest BCUT2D eigenvalue weighted by atomic mass is 16.5. The molecule has 1 aromatic rings. The predicted octanol–water partition coefficient (Wildman–Crippen LogP) is 1.79. The van der Waals surface area contributed by atoms with Crippen molar-refractivity contribution in [2.75, 3.05) is 39.8 Å². The van der Waals surface area contributed by atoms with Crippen LogP contribution in [0.4, 0.5) is 0 Å². The number of piperazine rings is 1. The molecule has 0 bridgehead atoms. The van der Waals surface area contributed by atoms with Crippen molar-refractivity contribution in [1.82, 2.24) is 9.80 Å². The molecule has 1 fully saturated rings. The van der Waals surface area contributed by atoms with Gasteiger partial charge in [-0.1, -0.05) is 25.1 Å². The molecule has 4 heteroatoms. The van der Waals surface area contributed by atoms with Crippen molar-refractivity contribution in [2.24, 2.45) is 0 Å². The van der Waals surface area contributed by atoms with Crippen molar-refractivity contribution in [3.8, 4) is 5.75 Å². The fourth-order valence-electron chi connectivity index (χ4n) is 2.62. The number of nitrogens with zero attached hydrogens (tertiary/aromatic N) is 2. The largest absolute Gasteiger partial charge is 0.496 e. The minimum Gasteiger partial charge on any atom is -0.496 e. The Balaban J connectivity index is 1.83. The Morgan fingerprint density at radius 2 is 1.90 bits per heavy atom. The molecule has 0 unspecified atom stereocenters. The Labute approximate surface area is 121 Å². The van der Waals surface area contributed by atoms with E-state index >= 15 is 0 Å². The van der Waals surface area contributed by atoms with E-state index in [4.69, 9.17) is 4.74 Å². The van der Waals surface area contributed by atoms with Gasteiger partial charge in [-0.05, 0) is 24.6 Å². The van der Waals surface area contributed by atoms with Gasteiger partial charge in [0.05, 0.1) is 7.11 Å². The maximum Gasteiger partial charge on any atom is 0.222 e. The van der Waals surface area contributed by atoms with Crippen molar-refractivity contribution in [3.05, 3.63) is 29.8 Å². The molecule has 1 aromatic carbocycles. The second-order valence-corrected chi connectivity index (χ2v) is 5.13. The van der Waals surface area contributed by atoms with Gasteiger partial charge >= 0.3 is 0 Å². The molecule has 0 atom stereocenters. The van der Waals surface area contributed by atoms with Crippen LogP contribution in [0.15, 0.2) is 24.3 Å². The molecular weight excluding hydrogens is 252 g/mol. The number of hydrogen-bond donors (Lipinski definition) is 0. The van der Waals surface area contributed by atoms with Gasteiger partial charge in [0.1, 0.15) is 5.75 Å². The minimum atomic E-state index is 0.256. The molecule has 0 spiro atoms. The molecule has 0 N–H and O–H groups in total. The summed E-state index contributed by atoms with van der Waals surface area (Å²) in [6.45, 7) is 6.95. The van der Waals surface area contributed by atoms with Crippen molar-refractivity contribution >= 4 is 5.91 Å². The molecule has 110 valence electrons. The van der Waals surface area contributed by atoms with E-state index < -0.39 is 0 Å². The molecule has 0 aliphatic carbocycles. The number of ether oxygens (including phenoxy) is 1. The van der Waals surface area contributed by atoms with Crippen molar-refractivity contribution in [3.63, 3.8) is 0 Å². The average Bonchev–Trinajstić information content (AvgIpc) is 2.53. The van der Waals surface area contributed by atoms with Gasteiger partial charge in [-0.25, -0.2) is 0 Å². The molecule has 1 amide bonds. The number of amides is 1. The summed E-state index contributed by atoms with van der Waals surface area (Å²) >= 11 is 0. The highest BCUT2D eigenvalue weighted by Gasteiger charge is 2.19. The molecule has 4 nitrogen and oxygen atoms in total. The first-order valence-electron chi connectivity index (χ1n) is 7.36. The number of rotatable bonds is 5. The highest BCUT2D eigenvalue weighted by Crippen LogP contribution is 2.19. The third kappa shape index (κ3) is 3.73. The Morgan fingerprint density at radius 1 is 1.20 bits per heavy atom. The second-order valence-electron chi connectivity index (χ2n) is 5.13. The van der Waals surface area contributed by atoms with E-state index in [0.717, 1.165) is 50.5 Å². The number of aryl methyl sites for hydroxylation is 1. The van der Waals surface area contributed by atoms with Crippen LogP contribution < -0.4 is 4.74 Å². The van der Waals surface area contributed by atoms with Gasteiger partial charge in [0, 0.05) is 32.6 Å². The number of benzene rings is 1. The Hall–Kier alpha value is -1.55. The lowest BCUT2D eigenvalue weighted by atomic mass is 10.1. The van der Waals surface area contributed by atoms with Crippen LogP contribution in [0.25, 0.3) is 0 Å². The highest BCUT2D eigenvalue weighted by molar-refractivity contribution is 5.76. The molecule has 20 heavy (non-hydrogen) atoms. The van der Waals surface area contributed by atoms with Gasteiger partial charge in [-0.2, -0.15) is 0 Å². The fraction of sp³-hybridized carbons (Fsp3) is 0.562. The normalized spacial score (nSPS) is 16.2. The summed E-state index contributed by atoms with van der Waals surface area (Å²) < 4.78 is 5.32. The third-order valence-corrected chi connectivity index (χ3v) is 3.97. The first-order chi connectivity index (χ1) is 9.74. The summed E-state index contributed by atoms with van der Waals surface area (Å²) in [7, 11) is 1.67. The molecular formula is C16H24N2O2. The second kappa shape index (κ2) is 7.29. The zero-order valence-electron chi connectivity index (χ0n) is 12.5. The Morgan fingerprint density at radius 3 is 2.55 bits per heavy atom. The number of carbonyl (C=O) groups excluding carboxylic acids is 1. The Kier molecular flexibility index (Phi) is 5.41. The summed E-state index contributed by atoms with van der Waals surface area (Å²) in [5.41, 5.74) is 1.11. The molecule has 2 rings (SSSR count). The van der Waals surface area contributed by atoms with Crippen LogP contribution in [-0.2, 0) is 11.2 Å². The van der Waals surface area contributed by atoms with Crippen LogP contribution in [-0.4, -0.2) is 55.5 Å². The predicted molar refractivity (Wildman–Crippen MR) is 80.0 cm³/mol. The van der Waals surface area contributed by atoms with Crippen molar-refractivity contribution < 1.29 is 9.53 Å². The lowest BCUT2D eigenvalue weighted by molar-refractivity contribution is -0.132. The number of hydrogen-bond acceptors (Lipinski definition) is 3. The van der Waals surface area contributed by atoms with E-state index in [2.05, 4.69) is 11.8 Å². The maximum atomic E-state index is 12.2. The number of carbonyl (C=O) groups is 1. The number of para-hydroxylation sites is 1. The number of likely N-dealkylation sites (N-methyl/N-ethyl adjacent to an activating group) is 1. The molecule has 0 saturated carbocycles. The summed E-state index contributed by atoms with van der Waals surface area (Å²) in [5, 5.41) is 0. The lowest BCUT2D eigenvalue weighted by Gasteiger charge is -2.34. The summed E-state index contributed by atoms with van der Waals surface area (Å²) in [5.74, 6) is 1.13. The zero-order valence-corrected chi connectivity index (χ0v) is 12.5. The van der Waals surface area contributed by atoms with Crippen LogP contribution in [0.3, 0.4) is 0 Å². The number of methoxy groups -OCH3 is 1. The summed E-state index contributed by atoms with van der Waals surface area (Å²) in [6.07, 6.45) is 1.31. The Bertz CT molecular complexity index is 440. The van der Waals surface area contributed by atoms with E-state index in [-0.39, 0.29) is 5.91 Å². The van der Waals surface area contributed by atoms with Crippen LogP contribution in [0.2, 0.25) is 0 Å². The minimum absolute atomic E-state index is 0.256. The monoisotopic (exact) mass is 276 g/mol. The summed E-state index contributed by atoms with van der Waals surface area (Å²) in [4.78, 5) is 16.6. The van der Waals surface area contributed by atoms with Crippen LogP contribution in [0.5, 0.6) is 5.75 Å². The van der Waals surface area contributed by atoms with Gasteiger partial charge in [0.2, 0.25) is 5.91 Å². The molecule has 1 saturated heterocycles. The topological polar surface area (TPSA) is 32.8 Å². The molecule has 0 radical (unpaired) electrons. The molecule has 1 heterocycles.